The molecule has 2 rings (SSSR count). The summed E-state index contributed by atoms with van der Waals surface area (Å²) in [5, 5.41) is 6.13. The average Bonchev–Trinajstić information content (AvgIpc) is 2.86. The van der Waals surface area contributed by atoms with Crippen molar-refractivity contribution in [3.05, 3.63) is 22.4 Å². The summed E-state index contributed by atoms with van der Waals surface area (Å²) in [4.78, 5) is 1.51. The zero-order valence-corrected chi connectivity index (χ0v) is 13.0. The molecule has 1 aliphatic carbocycles. The minimum atomic E-state index is 0.517. The van der Waals surface area contributed by atoms with E-state index in [0.29, 0.717) is 17.5 Å². The summed E-state index contributed by atoms with van der Waals surface area (Å²) in [5.74, 6) is 0.805. The van der Waals surface area contributed by atoms with Gasteiger partial charge in [-0.3, -0.25) is 0 Å². The fourth-order valence-electron chi connectivity index (χ4n) is 3.46. The molecule has 1 fully saturated rings. The van der Waals surface area contributed by atoms with E-state index in [1.54, 1.807) is 0 Å². The Morgan fingerprint density at radius 3 is 2.72 bits per heavy atom. The molecule has 0 radical (unpaired) electrons. The van der Waals surface area contributed by atoms with Crippen molar-refractivity contribution in [2.75, 3.05) is 0 Å². The van der Waals surface area contributed by atoms with Gasteiger partial charge in [-0.15, -0.1) is 11.3 Å². The van der Waals surface area contributed by atoms with Crippen LogP contribution in [-0.4, -0.2) is 6.04 Å². The Morgan fingerprint density at radius 2 is 2.22 bits per heavy atom. The molecular weight excluding hydrogens is 238 g/mol. The Bertz CT molecular complexity index is 355. The molecule has 1 N–H and O–H groups in total. The Hall–Kier alpha value is -0.340. The summed E-state index contributed by atoms with van der Waals surface area (Å²) in [6.45, 7) is 9.50. The van der Waals surface area contributed by atoms with Crippen molar-refractivity contribution in [3.8, 4) is 0 Å². The lowest BCUT2D eigenvalue weighted by Gasteiger charge is -2.25. The smallest absolute Gasteiger partial charge is 0.0416 e. The second-order valence-electron chi connectivity index (χ2n) is 6.68. The van der Waals surface area contributed by atoms with Crippen molar-refractivity contribution in [3.63, 3.8) is 0 Å². The number of hydrogen-bond donors (Lipinski definition) is 1. The Morgan fingerprint density at radius 1 is 1.44 bits per heavy atom. The van der Waals surface area contributed by atoms with Gasteiger partial charge in [-0.1, -0.05) is 40.2 Å². The van der Waals surface area contributed by atoms with Gasteiger partial charge in [0.2, 0.25) is 0 Å². The highest BCUT2D eigenvalue weighted by molar-refractivity contribution is 7.10. The van der Waals surface area contributed by atoms with Gasteiger partial charge in [0.25, 0.3) is 0 Å². The zero-order valence-electron chi connectivity index (χ0n) is 12.2. The lowest BCUT2D eigenvalue weighted by molar-refractivity contribution is 0.347. The second-order valence-corrected chi connectivity index (χ2v) is 7.66. The minimum absolute atomic E-state index is 0.517. The molecule has 0 bridgehead atoms. The first kappa shape index (κ1) is 14.1. The van der Waals surface area contributed by atoms with E-state index in [-0.39, 0.29) is 0 Å². The van der Waals surface area contributed by atoms with E-state index in [0.717, 1.165) is 5.92 Å². The van der Waals surface area contributed by atoms with Gasteiger partial charge in [-0.25, -0.2) is 0 Å². The fraction of sp³-hybridized carbons (Fsp3) is 0.750. The van der Waals surface area contributed by atoms with Crippen LogP contribution in [0.4, 0.5) is 0 Å². The molecule has 1 aromatic heterocycles. The van der Waals surface area contributed by atoms with Crippen LogP contribution in [0.1, 0.15) is 64.3 Å². The summed E-state index contributed by atoms with van der Waals surface area (Å²) in [7, 11) is 0. The van der Waals surface area contributed by atoms with E-state index in [9.17, 15) is 0 Å². The van der Waals surface area contributed by atoms with Gasteiger partial charge < -0.3 is 5.32 Å². The van der Waals surface area contributed by atoms with Crippen LogP contribution in [0.3, 0.4) is 0 Å². The molecule has 0 aromatic carbocycles. The molecule has 102 valence electrons. The normalized spacial score (nSPS) is 28.4. The summed E-state index contributed by atoms with van der Waals surface area (Å²) in [5.41, 5.74) is 0.517. The molecule has 1 nitrogen and oxygen atoms in total. The van der Waals surface area contributed by atoms with E-state index in [1.165, 1.54) is 30.6 Å². The highest BCUT2D eigenvalue weighted by Crippen LogP contribution is 2.42. The van der Waals surface area contributed by atoms with Crippen LogP contribution in [-0.2, 0) is 0 Å². The molecule has 1 aromatic rings. The van der Waals surface area contributed by atoms with E-state index >= 15 is 0 Å². The monoisotopic (exact) mass is 265 g/mol. The lowest BCUT2D eigenvalue weighted by Crippen LogP contribution is -2.34. The SMILES string of the molecule is CCCC(NC1CC(C)(C)CC1C)c1cccs1. The van der Waals surface area contributed by atoms with Gasteiger partial charge in [0.05, 0.1) is 0 Å². The predicted octanol–water partition coefficient (Wildman–Crippen LogP) is 5.00. The first-order chi connectivity index (χ1) is 8.52. The van der Waals surface area contributed by atoms with Crippen LogP contribution in [0.5, 0.6) is 0 Å². The third-order valence-corrected chi connectivity index (χ3v) is 5.20. The van der Waals surface area contributed by atoms with Crippen LogP contribution in [0.25, 0.3) is 0 Å². The lowest BCUT2D eigenvalue weighted by atomic mass is 9.91. The molecule has 18 heavy (non-hydrogen) atoms. The molecule has 3 unspecified atom stereocenters. The molecular formula is C16H27NS. The van der Waals surface area contributed by atoms with E-state index in [4.69, 9.17) is 0 Å². The second kappa shape index (κ2) is 5.75. The van der Waals surface area contributed by atoms with E-state index in [1.807, 2.05) is 11.3 Å². The van der Waals surface area contributed by atoms with Gasteiger partial charge in [0.1, 0.15) is 0 Å². The Kier molecular flexibility index (Phi) is 4.50. The maximum atomic E-state index is 3.94. The van der Waals surface area contributed by atoms with Crippen molar-refractivity contribution in [2.45, 2.75) is 65.5 Å². The molecule has 0 aliphatic heterocycles. The van der Waals surface area contributed by atoms with Crippen molar-refractivity contribution in [1.29, 1.82) is 0 Å². The van der Waals surface area contributed by atoms with Crippen molar-refractivity contribution in [2.24, 2.45) is 11.3 Å². The Labute approximate surface area is 116 Å². The number of nitrogens with one attached hydrogen (secondary N) is 1. The molecule has 0 spiro atoms. The molecule has 0 saturated heterocycles. The fourth-order valence-corrected chi connectivity index (χ4v) is 4.28. The van der Waals surface area contributed by atoms with Crippen LogP contribution in [0.2, 0.25) is 0 Å². The maximum Gasteiger partial charge on any atom is 0.0416 e. The molecule has 2 heteroatoms. The van der Waals surface area contributed by atoms with Crippen molar-refractivity contribution < 1.29 is 0 Å². The topological polar surface area (TPSA) is 12.0 Å². The van der Waals surface area contributed by atoms with Crippen LogP contribution in [0.15, 0.2) is 17.5 Å². The summed E-state index contributed by atoms with van der Waals surface area (Å²) < 4.78 is 0. The maximum absolute atomic E-state index is 3.94. The first-order valence-corrected chi connectivity index (χ1v) is 8.19. The van der Waals surface area contributed by atoms with Crippen molar-refractivity contribution in [1.82, 2.24) is 5.32 Å². The third-order valence-electron chi connectivity index (χ3n) is 4.21. The molecule has 1 heterocycles. The van der Waals surface area contributed by atoms with Gasteiger partial charge in [-0.05, 0) is 42.0 Å². The van der Waals surface area contributed by atoms with E-state index < -0.39 is 0 Å². The standard InChI is InChI=1S/C16H27NS/c1-5-7-13(15-8-6-9-18-15)17-14-11-16(3,4)10-12(14)2/h6,8-9,12-14,17H,5,7,10-11H2,1-4H3. The highest BCUT2D eigenvalue weighted by atomic mass is 32.1. The number of hydrogen-bond acceptors (Lipinski definition) is 2. The quantitative estimate of drug-likeness (QED) is 0.789. The average molecular weight is 265 g/mol. The van der Waals surface area contributed by atoms with Crippen molar-refractivity contribution >= 4 is 11.3 Å². The minimum Gasteiger partial charge on any atom is -0.306 e. The van der Waals surface area contributed by atoms with Crippen LogP contribution in [0, 0.1) is 11.3 Å². The zero-order chi connectivity index (χ0) is 13.2. The van der Waals surface area contributed by atoms with E-state index in [2.05, 4.69) is 50.5 Å². The third kappa shape index (κ3) is 3.36. The van der Waals surface area contributed by atoms with Gasteiger partial charge in [-0.2, -0.15) is 0 Å². The van der Waals surface area contributed by atoms with Crippen LogP contribution < -0.4 is 5.32 Å². The van der Waals surface area contributed by atoms with Crippen LogP contribution >= 0.6 is 11.3 Å². The van der Waals surface area contributed by atoms with Gasteiger partial charge in [0, 0.05) is 17.0 Å². The number of thiophene rings is 1. The number of rotatable bonds is 5. The summed E-state index contributed by atoms with van der Waals surface area (Å²) in [6, 6.07) is 5.71. The molecule has 0 amide bonds. The molecule has 3 atom stereocenters. The largest absolute Gasteiger partial charge is 0.306 e. The molecule has 1 aliphatic rings. The predicted molar refractivity (Wildman–Crippen MR) is 81.1 cm³/mol. The van der Waals surface area contributed by atoms with Gasteiger partial charge >= 0.3 is 0 Å². The summed E-state index contributed by atoms with van der Waals surface area (Å²) in [6.07, 6.45) is 5.18. The Balaban J connectivity index is 2.01. The molecule has 1 saturated carbocycles. The summed E-state index contributed by atoms with van der Waals surface area (Å²) >= 11 is 1.89. The van der Waals surface area contributed by atoms with Gasteiger partial charge in [0.15, 0.2) is 0 Å². The first-order valence-electron chi connectivity index (χ1n) is 7.31. The highest BCUT2D eigenvalue weighted by Gasteiger charge is 2.37.